The molecule has 0 spiro atoms. The minimum absolute atomic E-state index is 0.129. The number of nitrogens with one attached hydrogen (secondary N) is 1. The number of nitrogens with zero attached hydrogens (tertiary/aromatic N) is 5. The van der Waals surface area contributed by atoms with Gasteiger partial charge in [-0.2, -0.15) is 0 Å². The first kappa shape index (κ1) is 20.1. The van der Waals surface area contributed by atoms with Crippen LogP contribution in [0.25, 0.3) is 0 Å². The smallest absolute Gasteiger partial charge is 0.381 e. The number of carbonyl (C=O) groups is 1. The van der Waals surface area contributed by atoms with Gasteiger partial charge in [-0.25, -0.2) is 4.98 Å². The maximum atomic E-state index is 12.7. The second kappa shape index (κ2) is 8.55. The fourth-order valence-electron chi connectivity index (χ4n) is 3.10. The van der Waals surface area contributed by atoms with E-state index in [2.05, 4.69) is 15.3 Å². The lowest BCUT2D eigenvalue weighted by Gasteiger charge is -2.21. The Morgan fingerprint density at radius 2 is 2.14 bits per heavy atom. The number of aromatic nitrogens is 4. The fourth-order valence-corrected chi connectivity index (χ4v) is 3.10. The largest absolute Gasteiger partial charge is 0.496 e. The first-order valence-corrected chi connectivity index (χ1v) is 8.98. The molecule has 0 saturated carbocycles. The maximum absolute atomic E-state index is 12.7. The zero-order valence-electron chi connectivity index (χ0n) is 16.4. The summed E-state index contributed by atoms with van der Waals surface area (Å²) in [6.07, 6.45) is 4.93. The van der Waals surface area contributed by atoms with Gasteiger partial charge in [0.1, 0.15) is 23.8 Å². The van der Waals surface area contributed by atoms with Crippen LogP contribution in [0.3, 0.4) is 0 Å². The lowest BCUT2D eigenvalue weighted by Crippen LogP contribution is -2.32. The van der Waals surface area contributed by atoms with Crippen molar-refractivity contribution < 1.29 is 14.5 Å². The zero-order chi connectivity index (χ0) is 21.0. The van der Waals surface area contributed by atoms with E-state index in [0.29, 0.717) is 17.4 Å². The van der Waals surface area contributed by atoms with Crippen molar-refractivity contribution in [2.24, 2.45) is 7.05 Å². The molecule has 0 radical (unpaired) electrons. The van der Waals surface area contributed by atoms with Gasteiger partial charge in [-0.15, -0.1) is 0 Å². The summed E-state index contributed by atoms with van der Waals surface area (Å²) in [4.78, 5) is 31.3. The van der Waals surface area contributed by atoms with E-state index in [1.54, 1.807) is 31.0 Å². The van der Waals surface area contributed by atoms with E-state index < -0.39 is 11.0 Å². The second-order valence-corrected chi connectivity index (χ2v) is 6.49. The Balaban J connectivity index is 1.79. The molecule has 0 aliphatic heterocycles. The zero-order valence-corrected chi connectivity index (χ0v) is 16.4. The SMILES string of the molecule is COc1ccccc1C(NC(=O)CCn1cc([N+](=O)[O-])nc1C)c1nccn1C. The molecule has 152 valence electrons. The third-order valence-corrected chi connectivity index (χ3v) is 4.60. The highest BCUT2D eigenvalue weighted by atomic mass is 16.6. The quantitative estimate of drug-likeness (QED) is 0.459. The van der Waals surface area contributed by atoms with E-state index >= 15 is 0 Å². The van der Waals surface area contributed by atoms with E-state index in [1.165, 1.54) is 6.20 Å². The predicted molar refractivity (Wildman–Crippen MR) is 104 cm³/mol. The topological polar surface area (TPSA) is 117 Å². The average molecular weight is 398 g/mol. The van der Waals surface area contributed by atoms with Crippen LogP contribution in [0.4, 0.5) is 5.82 Å². The van der Waals surface area contributed by atoms with Crippen molar-refractivity contribution in [2.75, 3.05) is 7.11 Å². The fraction of sp³-hybridized carbons (Fsp3) is 0.316. The molecule has 10 nitrogen and oxygen atoms in total. The number of methoxy groups -OCH3 is 1. The summed E-state index contributed by atoms with van der Waals surface area (Å²) in [5, 5.41) is 13.9. The van der Waals surface area contributed by atoms with Gasteiger partial charge in [0.15, 0.2) is 0 Å². The Morgan fingerprint density at radius 3 is 2.76 bits per heavy atom. The van der Waals surface area contributed by atoms with E-state index in [-0.39, 0.29) is 24.7 Å². The first-order valence-electron chi connectivity index (χ1n) is 8.98. The molecule has 3 rings (SSSR count). The first-order chi connectivity index (χ1) is 13.9. The number of hydrogen-bond donors (Lipinski definition) is 1. The molecule has 1 N–H and O–H groups in total. The summed E-state index contributed by atoms with van der Waals surface area (Å²) in [6, 6.07) is 6.92. The molecule has 1 unspecified atom stereocenters. The minimum atomic E-state index is -0.553. The molecule has 0 fully saturated rings. The Bertz CT molecular complexity index is 1030. The average Bonchev–Trinajstić information content (AvgIpc) is 3.30. The van der Waals surface area contributed by atoms with Gasteiger partial charge in [-0.05, 0) is 16.0 Å². The van der Waals surface area contributed by atoms with Gasteiger partial charge in [0.2, 0.25) is 11.7 Å². The van der Waals surface area contributed by atoms with Crippen LogP contribution in [-0.4, -0.2) is 37.0 Å². The van der Waals surface area contributed by atoms with Crippen molar-refractivity contribution in [1.82, 2.24) is 24.4 Å². The number of hydrogen-bond acceptors (Lipinski definition) is 6. The molecule has 2 aromatic heterocycles. The monoisotopic (exact) mass is 398 g/mol. The Kier molecular flexibility index (Phi) is 5.91. The second-order valence-electron chi connectivity index (χ2n) is 6.49. The molecule has 10 heteroatoms. The lowest BCUT2D eigenvalue weighted by atomic mass is 10.0. The molecule has 1 atom stereocenters. The van der Waals surface area contributed by atoms with E-state index in [9.17, 15) is 14.9 Å². The molecule has 1 amide bonds. The van der Waals surface area contributed by atoms with Crippen LogP contribution in [0.2, 0.25) is 0 Å². The van der Waals surface area contributed by atoms with Crippen molar-refractivity contribution in [2.45, 2.75) is 25.9 Å². The highest BCUT2D eigenvalue weighted by Crippen LogP contribution is 2.29. The number of ether oxygens (including phenoxy) is 1. The van der Waals surface area contributed by atoms with Crippen LogP contribution in [0.1, 0.15) is 29.7 Å². The summed E-state index contributed by atoms with van der Waals surface area (Å²) >= 11 is 0. The number of imidazole rings is 2. The van der Waals surface area contributed by atoms with Crippen LogP contribution < -0.4 is 10.1 Å². The summed E-state index contributed by atoms with van der Waals surface area (Å²) in [7, 11) is 3.43. The Morgan fingerprint density at radius 1 is 1.38 bits per heavy atom. The van der Waals surface area contributed by atoms with Crippen molar-refractivity contribution in [3.8, 4) is 5.75 Å². The predicted octanol–water partition coefficient (Wildman–Crippen LogP) is 2.14. The van der Waals surface area contributed by atoms with Crippen molar-refractivity contribution >= 4 is 11.7 Å². The maximum Gasteiger partial charge on any atom is 0.381 e. The summed E-state index contributed by atoms with van der Waals surface area (Å²) in [6.45, 7) is 1.94. The molecule has 0 saturated heterocycles. The summed E-state index contributed by atoms with van der Waals surface area (Å²) in [5.41, 5.74) is 0.784. The van der Waals surface area contributed by atoms with Crippen LogP contribution in [0.5, 0.6) is 5.75 Å². The number of rotatable bonds is 8. The summed E-state index contributed by atoms with van der Waals surface area (Å²) < 4.78 is 8.88. The summed E-state index contributed by atoms with van der Waals surface area (Å²) in [5.74, 6) is 1.33. The van der Waals surface area contributed by atoms with Gasteiger partial charge in [0.25, 0.3) is 0 Å². The van der Waals surface area contributed by atoms with Gasteiger partial charge in [0.05, 0.1) is 7.11 Å². The molecule has 3 aromatic rings. The van der Waals surface area contributed by atoms with Crippen molar-refractivity contribution in [1.29, 1.82) is 0 Å². The third kappa shape index (κ3) is 4.42. The van der Waals surface area contributed by atoms with Gasteiger partial charge in [-0.3, -0.25) is 4.79 Å². The molecule has 1 aromatic carbocycles. The molecular formula is C19H22N6O4. The van der Waals surface area contributed by atoms with Gasteiger partial charge in [0, 0.05) is 44.9 Å². The normalized spacial score (nSPS) is 11.8. The van der Waals surface area contributed by atoms with Crippen molar-refractivity contribution in [3.63, 3.8) is 0 Å². The minimum Gasteiger partial charge on any atom is -0.496 e. The van der Waals surface area contributed by atoms with Gasteiger partial charge < -0.3 is 29.3 Å². The number of carbonyl (C=O) groups excluding carboxylic acids is 1. The lowest BCUT2D eigenvalue weighted by molar-refractivity contribution is -0.389. The standard InChI is InChI=1S/C19H22N6O4/c1-13-21-16(25(27)28)12-24(13)10-8-17(26)22-18(19-20-9-11-23(19)2)14-6-4-5-7-15(14)29-3/h4-7,9,11-12,18H,8,10H2,1-3H3,(H,22,26). The highest BCUT2D eigenvalue weighted by Gasteiger charge is 2.24. The molecule has 2 heterocycles. The molecule has 0 bridgehead atoms. The van der Waals surface area contributed by atoms with Gasteiger partial charge in [-0.1, -0.05) is 18.2 Å². The number of nitro groups is 1. The number of aryl methyl sites for hydroxylation is 3. The van der Waals surface area contributed by atoms with Gasteiger partial charge >= 0.3 is 5.82 Å². The van der Waals surface area contributed by atoms with Crippen molar-refractivity contribution in [3.05, 3.63) is 70.2 Å². The van der Waals surface area contributed by atoms with E-state index in [4.69, 9.17) is 4.74 Å². The van der Waals surface area contributed by atoms with E-state index in [0.717, 1.165) is 5.56 Å². The van der Waals surface area contributed by atoms with E-state index in [1.807, 2.05) is 35.9 Å². The van der Waals surface area contributed by atoms with Crippen LogP contribution in [0.15, 0.2) is 42.9 Å². The highest BCUT2D eigenvalue weighted by molar-refractivity contribution is 5.77. The molecule has 29 heavy (non-hydrogen) atoms. The molecular weight excluding hydrogens is 376 g/mol. The Labute approximate surface area is 167 Å². The number of para-hydroxylation sites is 1. The Hall–Kier alpha value is -3.69. The number of amides is 1. The molecule has 0 aliphatic rings. The number of benzene rings is 1. The van der Waals surface area contributed by atoms with Crippen LogP contribution >= 0.6 is 0 Å². The molecule has 0 aliphatic carbocycles. The van der Waals surface area contributed by atoms with Crippen LogP contribution in [-0.2, 0) is 18.4 Å². The third-order valence-electron chi connectivity index (χ3n) is 4.60. The van der Waals surface area contributed by atoms with Crippen LogP contribution in [0, 0.1) is 17.0 Å².